The van der Waals surface area contributed by atoms with Gasteiger partial charge in [-0.15, -0.1) is 0 Å². The van der Waals surface area contributed by atoms with Crippen molar-refractivity contribution in [1.82, 2.24) is 14.9 Å². The van der Waals surface area contributed by atoms with Crippen LogP contribution in [-0.4, -0.2) is 15.5 Å². The zero-order chi connectivity index (χ0) is 22.3. The molecular weight excluding hydrogens is 400 g/mol. The molecule has 0 aliphatic heterocycles. The van der Waals surface area contributed by atoms with Crippen molar-refractivity contribution in [3.05, 3.63) is 119 Å². The first-order chi connectivity index (χ1) is 15.7. The fourth-order valence-electron chi connectivity index (χ4n) is 3.46. The maximum absolute atomic E-state index is 13.1. The van der Waals surface area contributed by atoms with Crippen LogP contribution in [0.4, 0.5) is 0 Å². The van der Waals surface area contributed by atoms with Gasteiger partial charge in [0, 0.05) is 30.6 Å². The molecule has 6 nitrogen and oxygen atoms in total. The van der Waals surface area contributed by atoms with E-state index in [2.05, 4.69) is 16.4 Å². The van der Waals surface area contributed by atoms with Crippen LogP contribution in [0.15, 0.2) is 91.3 Å². The molecule has 3 aromatic carbocycles. The predicted octanol–water partition coefficient (Wildman–Crippen LogP) is 4.39. The van der Waals surface area contributed by atoms with Crippen molar-refractivity contribution in [2.75, 3.05) is 0 Å². The van der Waals surface area contributed by atoms with Crippen LogP contribution >= 0.6 is 0 Å². The van der Waals surface area contributed by atoms with Crippen LogP contribution < -0.4 is 10.1 Å². The van der Waals surface area contributed by atoms with Gasteiger partial charge in [-0.3, -0.25) is 4.79 Å². The first-order valence-corrected chi connectivity index (χ1v) is 10.2. The Morgan fingerprint density at radius 1 is 1.09 bits per heavy atom. The number of hydrogen-bond acceptors (Lipinski definition) is 4. The summed E-state index contributed by atoms with van der Waals surface area (Å²) >= 11 is 0. The second-order valence-electron chi connectivity index (χ2n) is 7.30. The molecule has 0 radical (unpaired) electrons. The summed E-state index contributed by atoms with van der Waals surface area (Å²) in [5, 5.41) is 12.3. The summed E-state index contributed by atoms with van der Waals surface area (Å²) < 4.78 is 7.75. The lowest BCUT2D eigenvalue weighted by Crippen LogP contribution is -2.31. The molecule has 0 aliphatic rings. The fourth-order valence-corrected chi connectivity index (χ4v) is 3.46. The molecule has 4 rings (SSSR count). The first-order valence-electron chi connectivity index (χ1n) is 10.2. The topological polar surface area (TPSA) is 79.9 Å². The number of nitriles is 1. The summed E-state index contributed by atoms with van der Waals surface area (Å²) in [6.07, 6.45) is 3.57. The minimum atomic E-state index is -0.393. The number of imidazole rings is 1. The van der Waals surface area contributed by atoms with E-state index in [1.165, 1.54) is 0 Å². The van der Waals surface area contributed by atoms with Gasteiger partial charge in [0.15, 0.2) is 0 Å². The molecule has 1 N–H and O–H groups in total. The number of benzene rings is 3. The summed E-state index contributed by atoms with van der Waals surface area (Å²) in [5.41, 5.74) is 2.79. The van der Waals surface area contributed by atoms with Crippen LogP contribution in [0.1, 0.15) is 38.9 Å². The van der Waals surface area contributed by atoms with Gasteiger partial charge in [-0.1, -0.05) is 54.6 Å². The van der Waals surface area contributed by atoms with E-state index in [4.69, 9.17) is 4.74 Å². The Bertz CT molecular complexity index is 1260. The van der Waals surface area contributed by atoms with E-state index in [9.17, 15) is 10.1 Å². The van der Waals surface area contributed by atoms with E-state index in [1.54, 1.807) is 36.5 Å². The Morgan fingerprint density at radius 2 is 1.88 bits per heavy atom. The summed E-state index contributed by atoms with van der Waals surface area (Å²) in [6.45, 7) is 0.245. The van der Waals surface area contributed by atoms with Crippen LogP contribution in [-0.2, 0) is 13.7 Å². The van der Waals surface area contributed by atoms with Crippen LogP contribution in [0.2, 0.25) is 0 Å². The Labute approximate surface area is 186 Å². The molecule has 0 bridgehead atoms. The molecular formula is C26H22N4O2. The second kappa shape index (κ2) is 9.63. The average molecular weight is 422 g/mol. The summed E-state index contributed by atoms with van der Waals surface area (Å²) in [4.78, 5) is 17.5. The zero-order valence-electron chi connectivity index (χ0n) is 17.6. The molecule has 1 amide bonds. The minimum Gasteiger partial charge on any atom is -0.489 e. The van der Waals surface area contributed by atoms with Gasteiger partial charge in [0.2, 0.25) is 0 Å². The number of nitrogens with zero attached hydrogens (tertiary/aromatic N) is 3. The largest absolute Gasteiger partial charge is 0.489 e. The average Bonchev–Trinajstić information content (AvgIpc) is 3.27. The van der Waals surface area contributed by atoms with Crippen LogP contribution in [0.3, 0.4) is 0 Å². The van der Waals surface area contributed by atoms with Crippen LogP contribution in [0.25, 0.3) is 0 Å². The van der Waals surface area contributed by atoms with Gasteiger partial charge in [-0.2, -0.15) is 5.26 Å². The standard InChI is InChI=1S/C26H22N4O2/c1-30-15-14-28-25(30)24(19-8-3-2-4-9-19)29-26(31)20-12-7-13-23(16-20)32-18-22-11-6-5-10-21(22)17-27/h2-16,24H,18H2,1H3,(H,29,31). The molecule has 0 aliphatic carbocycles. The highest BCUT2D eigenvalue weighted by atomic mass is 16.5. The van der Waals surface area contributed by atoms with E-state index in [0.717, 1.165) is 17.0 Å². The second-order valence-corrected chi connectivity index (χ2v) is 7.30. The molecule has 6 heteroatoms. The van der Waals surface area contributed by atoms with E-state index in [0.29, 0.717) is 16.9 Å². The zero-order valence-corrected chi connectivity index (χ0v) is 17.6. The molecule has 1 aromatic heterocycles. The van der Waals surface area contributed by atoms with Crippen molar-refractivity contribution >= 4 is 5.91 Å². The number of nitrogens with one attached hydrogen (secondary N) is 1. The molecule has 158 valence electrons. The van der Waals surface area contributed by atoms with E-state index in [-0.39, 0.29) is 12.5 Å². The third kappa shape index (κ3) is 4.68. The van der Waals surface area contributed by atoms with Crippen molar-refractivity contribution in [2.45, 2.75) is 12.6 Å². The predicted molar refractivity (Wildman–Crippen MR) is 121 cm³/mol. The van der Waals surface area contributed by atoms with Crippen molar-refractivity contribution in [2.24, 2.45) is 7.05 Å². The molecule has 0 saturated heterocycles. The van der Waals surface area contributed by atoms with Crippen LogP contribution in [0, 0.1) is 11.3 Å². The number of amides is 1. The van der Waals surface area contributed by atoms with Crippen molar-refractivity contribution in [1.29, 1.82) is 5.26 Å². The normalized spacial score (nSPS) is 11.4. The smallest absolute Gasteiger partial charge is 0.252 e. The Kier molecular flexibility index (Phi) is 6.28. The summed E-state index contributed by atoms with van der Waals surface area (Å²) in [7, 11) is 1.90. The molecule has 1 heterocycles. The number of aromatic nitrogens is 2. The number of rotatable bonds is 7. The number of hydrogen-bond donors (Lipinski definition) is 1. The highest BCUT2D eigenvalue weighted by Gasteiger charge is 2.21. The lowest BCUT2D eigenvalue weighted by Gasteiger charge is -2.19. The van der Waals surface area contributed by atoms with Crippen molar-refractivity contribution in [3.63, 3.8) is 0 Å². The number of carbonyl (C=O) groups excluding carboxylic acids is 1. The lowest BCUT2D eigenvalue weighted by molar-refractivity contribution is 0.0940. The van der Waals surface area contributed by atoms with E-state index in [1.807, 2.05) is 66.3 Å². The fraction of sp³-hybridized carbons (Fsp3) is 0.115. The molecule has 4 aromatic rings. The summed E-state index contributed by atoms with van der Waals surface area (Å²) in [5.74, 6) is 1.06. The Morgan fingerprint density at radius 3 is 2.62 bits per heavy atom. The monoisotopic (exact) mass is 422 g/mol. The highest BCUT2D eigenvalue weighted by molar-refractivity contribution is 5.95. The SMILES string of the molecule is Cn1ccnc1C(NC(=O)c1cccc(OCc2ccccc2C#N)c1)c1ccccc1. The minimum absolute atomic E-state index is 0.232. The van der Waals surface area contributed by atoms with E-state index < -0.39 is 6.04 Å². The lowest BCUT2D eigenvalue weighted by atomic mass is 10.1. The Balaban J connectivity index is 1.52. The van der Waals surface area contributed by atoms with Crippen LogP contribution in [0.5, 0.6) is 5.75 Å². The number of aryl methyl sites for hydroxylation is 1. The van der Waals surface area contributed by atoms with Gasteiger partial charge >= 0.3 is 0 Å². The maximum atomic E-state index is 13.1. The summed E-state index contributed by atoms with van der Waals surface area (Å²) in [6, 6.07) is 25.8. The third-order valence-electron chi connectivity index (χ3n) is 5.15. The molecule has 32 heavy (non-hydrogen) atoms. The number of carbonyl (C=O) groups is 1. The molecule has 0 fully saturated rings. The van der Waals surface area contributed by atoms with Gasteiger partial charge in [0.1, 0.15) is 24.2 Å². The van der Waals surface area contributed by atoms with Gasteiger partial charge in [-0.25, -0.2) is 4.98 Å². The first kappa shape index (κ1) is 20.9. The van der Waals surface area contributed by atoms with Gasteiger partial charge in [0.05, 0.1) is 11.6 Å². The molecule has 1 unspecified atom stereocenters. The third-order valence-corrected chi connectivity index (χ3v) is 5.15. The highest BCUT2D eigenvalue weighted by Crippen LogP contribution is 2.22. The maximum Gasteiger partial charge on any atom is 0.252 e. The van der Waals surface area contributed by atoms with Gasteiger partial charge in [-0.05, 0) is 29.8 Å². The quantitative estimate of drug-likeness (QED) is 0.479. The number of ether oxygens (including phenoxy) is 1. The molecule has 1 atom stereocenters. The van der Waals surface area contributed by atoms with Crippen molar-refractivity contribution in [3.8, 4) is 11.8 Å². The Hall–Kier alpha value is -4.37. The van der Waals surface area contributed by atoms with Gasteiger partial charge in [0.25, 0.3) is 5.91 Å². The van der Waals surface area contributed by atoms with Gasteiger partial charge < -0.3 is 14.6 Å². The van der Waals surface area contributed by atoms with Crippen molar-refractivity contribution < 1.29 is 9.53 Å². The molecule has 0 spiro atoms. The molecule has 0 saturated carbocycles. The van der Waals surface area contributed by atoms with E-state index >= 15 is 0 Å².